The molecule has 0 fully saturated rings. The summed E-state index contributed by atoms with van der Waals surface area (Å²) in [5, 5.41) is 15.8. The highest BCUT2D eigenvalue weighted by molar-refractivity contribution is 5.93. The number of carbonyl (C=O) groups is 2. The normalized spacial score (nSPS) is 10.5. The van der Waals surface area contributed by atoms with Crippen molar-refractivity contribution in [1.29, 1.82) is 0 Å². The van der Waals surface area contributed by atoms with Crippen molar-refractivity contribution in [2.45, 2.75) is 19.8 Å². The molecule has 7 nitrogen and oxygen atoms in total. The number of nitrogens with one attached hydrogen (secondary N) is 2. The second-order valence-electron chi connectivity index (χ2n) is 5.39. The van der Waals surface area contributed by atoms with Crippen LogP contribution in [-0.2, 0) is 9.59 Å². The van der Waals surface area contributed by atoms with Gasteiger partial charge in [-0.1, -0.05) is 12.1 Å². The summed E-state index contributed by atoms with van der Waals surface area (Å²) in [4.78, 5) is 23.6. The molecule has 0 aliphatic rings. The average molecular weight is 355 g/mol. The zero-order chi connectivity index (χ0) is 18.8. The van der Waals surface area contributed by atoms with Crippen molar-refractivity contribution in [1.82, 2.24) is 5.43 Å². The van der Waals surface area contributed by atoms with E-state index in [1.165, 1.54) is 12.3 Å². The third-order valence-corrected chi connectivity index (χ3v) is 3.30. The molecule has 0 saturated carbocycles. The number of phenols is 1. The lowest BCUT2D eigenvalue weighted by Gasteiger charge is -2.07. The number of hydrogen-bond acceptors (Lipinski definition) is 5. The molecular formula is C19H21N3O4. The van der Waals surface area contributed by atoms with Crippen LogP contribution in [0.2, 0.25) is 0 Å². The molecule has 2 aromatic rings. The number of hydrogen-bond donors (Lipinski definition) is 3. The predicted molar refractivity (Wildman–Crippen MR) is 99.3 cm³/mol. The Bertz CT molecular complexity index is 773. The van der Waals surface area contributed by atoms with Crippen LogP contribution < -0.4 is 15.5 Å². The molecule has 2 rings (SSSR count). The quantitative estimate of drug-likeness (QED) is 0.501. The van der Waals surface area contributed by atoms with E-state index >= 15 is 0 Å². The first-order chi connectivity index (χ1) is 12.6. The van der Waals surface area contributed by atoms with Crippen LogP contribution in [-0.4, -0.2) is 29.7 Å². The molecule has 3 N–H and O–H groups in total. The Morgan fingerprint density at radius 3 is 2.54 bits per heavy atom. The summed E-state index contributed by atoms with van der Waals surface area (Å²) in [5.74, 6) is 0.213. The van der Waals surface area contributed by atoms with Crippen molar-refractivity contribution >= 4 is 23.7 Å². The molecule has 0 radical (unpaired) electrons. The van der Waals surface area contributed by atoms with E-state index in [1.54, 1.807) is 42.5 Å². The number of ether oxygens (including phenoxy) is 1. The number of carbonyl (C=O) groups excluding carboxylic acids is 2. The lowest BCUT2D eigenvalue weighted by atomic mass is 10.2. The van der Waals surface area contributed by atoms with Crippen molar-refractivity contribution in [3.63, 3.8) is 0 Å². The minimum absolute atomic E-state index is 0.0141. The van der Waals surface area contributed by atoms with Gasteiger partial charge in [0, 0.05) is 18.5 Å². The monoisotopic (exact) mass is 355 g/mol. The maximum Gasteiger partial charge on any atom is 0.240 e. The number of rotatable bonds is 8. The molecule has 136 valence electrons. The summed E-state index contributed by atoms with van der Waals surface area (Å²) in [7, 11) is 0. The molecule has 0 saturated heterocycles. The van der Waals surface area contributed by atoms with Crippen LogP contribution in [0, 0.1) is 0 Å². The molecule has 0 heterocycles. The number of hydrazone groups is 1. The largest absolute Gasteiger partial charge is 0.508 e. The van der Waals surface area contributed by atoms with Crippen LogP contribution in [0.3, 0.4) is 0 Å². The molecule has 2 aromatic carbocycles. The fourth-order valence-corrected chi connectivity index (χ4v) is 2.09. The van der Waals surface area contributed by atoms with Gasteiger partial charge in [0.1, 0.15) is 11.5 Å². The molecular weight excluding hydrogens is 334 g/mol. The van der Waals surface area contributed by atoms with Gasteiger partial charge < -0.3 is 15.2 Å². The summed E-state index contributed by atoms with van der Waals surface area (Å²) in [5.41, 5.74) is 3.63. The fourth-order valence-electron chi connectivity index (χ4n) is 2.09. The summed E-state index contributed by atoms with van der Waals surface area (Å²) >= 11 is 0. The lowest BCUT2D eigenvalue weighted by Crippen LogP contribution is -2.20. The molecule has 26 heavy (non-hydrogen) atoms. The Morgan fingerprint density at radius 1 is 1.12 bits per heavy atom. The van der Waals surface area contributed by atoms with Gasteiger partial charge in [-0.15, -0.1) is 0 Å². The molecule has 0 aromatic heterocycles. The Hall–Kier alpha value is -3.35. The van der Waals surface area contributed by atoms with E-state index in [-0.39, 0.29) is 30.4 Å². The molecule has 0 unspecified atom stereocenters. The minimum Gasteiger partial charge on any atom is -0.508 e. The Kier molecular flexibility index (Phi) is 7.17. The van der Waals surface area contributed by atoms with E-state index in [2.05, 4.69) is 15.8 Å². The Labute approximate surface area is 151 Å². The number of nitrogens with zero attached hydrogens (tertiary/aromatic N) is 1. The maximum absolute atomic E-state index is 11.9. The fraction of sp³-hybridized carbons (Fsp3) is 0.211. The smallest absolute Gasteiger partial charge is 0.240 e. The zero-order valence-corrected chi connectivity index (χ0v) is 14.4. The highest BCUT2D eigenvalue weighted by atomic mass is 16.5. The van der Waals surface area contributed by atoms with Crippen LogP contribution in [0.25, 0.3) is 0 Å². The zero-order valence-electron chi connectivity index (χ0n) is 14.4. The van der Waals surface area contributed by atoms with Crippen LogP contribution in [0.15, 0.2) is 53.6 Å². The van der Waals surface area contributed by atoms with Crippen molar-refractivity contribution in [3.05, 3.63) is 54.1 Å². The van der Waals surface area contributed by atoms with Gasteiger partial charge >= 0.3 is 0 Å². The van der Waals surface area contributed by atoms with Gasteiger partial charge in [0.15, 0.2) is 0 Å². The van der Waals surface area contributed by atoms with Gasteiger partial charge in [0.25, 0.3) is 0 Å². The van der Waals surface area contributed by atoms with Crippen LogP contribution in [0.1, 0.15) is 25.3 Å². The Morgan fingerprint density at radius 2 is 1.85 bits per heavy atom. The van der Waals surface area contributed by atoms with Crippen molar-refractivity contribution in [2.24, 2.45) is 5.10 Å². The number of amides is 2. The van der Waals surface area contributed by atoms with E-state index < -0.39 is 0 Å². The highest BCUT2D eigenvalue weighted by Crippen LogP contribution is 2.15. The van der Waals surface area contributed by atoms with Crippen molar-refractivity contribution in [3.8, 4) is 11.5 Å². The summed E-state index contributed by atoms with van der Waals surface area (Å²) < 4.78 is 5.33. The molecule has 0 aliphatic carbocycles. The van der Waals surface area contributed by atoms with Crippen LogP contribution in [0.4, 0.5) is 5.69 Å². The van der Waals surface area contributed by atoms with Gasteiger partial charge in [0.05, 0.1) is 12.8 Å². The van der Waals surface area contributed by atoms with Gasteiger partial charge in [0.2, 0.25) is 11.8 Å². The number of aromatic hydroxyl groups is 1. The first-order valence-electron chi connectivity index (χ1n) is 8.20. The molecule has 2 amide bonds. The van der Waals surface area contributed by atoms with E-state index in [0.29, 0.717) is 17.9 Å². The third kappa shape index (κ3) is 6.64. The summed E-state index contributed by atoms with van der Waals surface area (Å²) in [6.07, 6.45) is 1.47. The summed E-state index contributed by atoms with van der Waals surface area (Å²) in [6.45, 7) is 2.48. The summed E-state index contributed by atoms with van der Waals surface area (Å²) in [6, 6.07) is 13.5. The standard InChI is InChI=1S/C19H21N3O4/c1-2-26-17-8-6-15(7-9-17)21-18(24)10-11-19(25)22-20-13-14-4-3-5-16(23)12-14/h3-9,12-13,23H,2,10-11H2,1H3,(H,21,24)(H,22,25)/b20-13+. The van der Waals surface area contributed by atoms with Gasteiger partial charge in [-0.3, -0.25) is 9.59 Å². The second kappa shape index (κ2) is 9.83. The molecule has 0 aliphatic heterocycles. The third-order valence-electron chi connectivity index (χ3n) is 3.30. The molecule has 7 heteroatoms. The van der Waals surface area contributed by atoms with E-state index in [0.717, 1.165) is 5.75 Å². The van der Waals surface area contributed by atoms with Gasteiger partial charge in [-0.25, -0.2) is 5.43 Å². The topological polar surface area (TPSA) is 100 Å². The minimum atomic E-state index is -0.372. The molecule has 0 bridgehead atoms. The van der Waals surface area contributed by atoms with E-state index in [4.69, 9.17) is 4.74 Å². The van der Waals surface area contributed by atoms with Crippen LogP contribution >= 0.6 is 0 Å². The number of benzene rings is 2. The average Bonchev–Trinajstić information content (AvgIpc) is 2.62. The number of phenolic OH excluding ortho intramolecular Hbond substituents is 1. The van der Waals surface area contributed by atoms with E-state index in [9.17, 15) is 14.7 Å². The van der Waals surface area contributed by atoms with Crippen molar-refractivity contribution in [2.75, 3.05) is 11.9 Å². The van der Waals surface area contributed by atoms with Crippen LogP contribution in [0.5, 0.6) is 11.5 Å². The molecule has 0 spiro atoms. The molecule has 0 atom stereocenters. The van der Waals surface area contributed by atoms with Crippen molar-refractivity contribution < 1.29 is 19.4 Å². The number of anilines is 1. The SMILES string of the molecule is CCOc1ccc(NC(=O)CCC(=O)N/N=C/c2cccc(O)c2)cc1. The van der Waals surface area contributed by atoms with Gasteiger partial charge in [-0.05, 0) is 48.9 Å². The Balaban J connectivity index is 1.71. The first kappa shape index (κ1) is 19.0. The highest BCUT2D eigenvalue weighted by Gasteiger charge is 2.07. The van der Waals surface area contributed by atoms with E-state index in [1.807, 2.05) is 6.92 Å². The van der Waals surface area contributed by atoms with Gasteiger partial charge in [-0.2, -0.15) is 5.10 Å². The maximum atomic E-state index is 11.9. The first-order valence-corrected chi connectivity index (χ1v) is 8.20. The lowest BCUT2D eigenvalue weighted by molar-refractivity contribution is -0.124. The second-order valence-corrected chi connectivity index (χ2v) is 5.39. The predicted octanol–water partition coefficient (Wildman–Crippen LogP) is 2.66.